The Balaban J connectivity index is 1.49. The maximum atomic E-state index is 13.9. The zero-order valence-electron chi connectivity index (χ0n) is 16.3. The molecule has 0 unspecified atom stereocenters. The smallest absolute Gasteiger partial charge is 0.324 e. The lowest BCUT2D eigenvalue weighted by molar-refractivity contribution is 0.0952. The summed E-state index contributed by atoms with van der Waals surface area (Å²) in [6, 6.07) is 12.3. The zero-order chi connectivity index (χ0) is 20.9. The van der Waals surface area contributed by atoms with Gasteiger partial charge in [0, 0.05) is 24.2 Å². The minimum atomic E-state index is -0.496. The van der Waals surface area contributed by atoms with Crippen LogP contribution in [0.5, 0.6) is 0 Å². The number of halogens is 1. The fourth-order valence-corrected chi connectivity index (χ4v) is 3.41. The Labute approximate surface area is 172 Å². The summed E-state index contributed by atoms with van der Waals surface area (Å²) in [5, 5.41) is 6.33. The normalized spacial score (nSPS) is 14.2. The molecule has 154 valence electrons. The number of rotatable bonds is 3. The van der Waals surface area contributed by atoms with Crippen molar-refractivity contribution >= 4 is 11.9 Å². The number of nitrogens with one attached hydrogen (secondary N) is 1. The topological polar surface area (TPSA) is 88.3 Å². The van der Waals surface area contributed by atoms with Crippen LogP contribution in [0.4, 0.5) is 9.18 Å². The van der Waals surface area contributed by atoms with Crippen molar-refractivity contribution in [3.63, 3.8) is 0 Å². The minimum absolute atomic E-state index is 0.0503. The van der Waals surface area contributed by atoms with Crippen LogP contribution in [0.15, 0.2) is 53.1 Å². The summed E-state index contributed by atoms with van der Waals surface area (Å²) in [6.45, 7) is 1.31. The number of imide groups is 1. The summed E-state index contributed by atoms with van der Waals surface area (Å²) in [6.07, 6.45) is 4.08. The van der Waals surface area contributed by atoms with E-state index in [0.717, 1.165) is 25.7 Å². The van der Waals surface area contributed by atoms with Gasteiger partial charge in [0.05, 0.1) is 5.56 Å². The lowest BCUT2D eigenvalue weighted by atomic mass is 10.1. The van der Waals surface area contributed by atoms with Gasteiger partial charge in [0.25, 0.3) is 11.8 Å². The van der Waals surface area contributed by atoms with E-state index < -0.39 is 11.7 Å². The van der Waals surface area contributed by atoms with Crippen molar-refractivity contribution < 1.29 is 18.5 Å². The first-order valence-corrected chi connectivity index (χ1v) is 9.91. The molecule has 7 nitrogen and oxygen atoms in total. The SMILES string of the molecule is O=C(NC(=O)N1CCCCCC1)c1cccc(-c2noc(-c3ccccc3F)n2)c1. The van der Waals surface area contributed by atoms with Crippen LogP contribution in [0.25, 0.3) is 22.8 Å². The number of amides is 3. The van der Waals surface area contributed by atoms with E-state index in [1.165, 1.54) is 6.07 Å². The highest BCUT2D eigenvalue weighted by Crippen LogP contribution is 2.24. The zero-order valence-corrected chi connectivity index (χ0v) is 16.3. The van der Waals surface area contributed by atoms with E-state index in [1.54, 1.807) is 47.4 Å². The quantitative estimate of drug-likeness (QED) is 0.699. The van der Waals surface area contributed by atoms with Gasteiger partial charge in [-0.1, -0.05) is 42.3 Å². The van der Waals surface area contributed by atoms with E-state index in [1.807, 2.05) is 0 Å². The number of urea groups is 1. The van der Waals surface area contributed by atoms with Gasteiger partial charge < -0.3 is 9.42 Å². The predicted molar refractivity (Wildman–Crippen MR) is 108 cm³/mol. The van der Waals surface area contributed by atoms with Crippen LogP contribution < -0.4 is 5.32 Å². The van der Waals surface area contributed by atoms with Gasteiger partial charge in [-0.15, -0.1) is 0 Å². The van der Waals surface area contributed by atoms with Crippen LogP contribution in [0.3, 0.4) is 0 Å². The van der Waals surface area contributed by atoms with E-state index in [9.17, 15) is 14.0 Å². The van der Waals surface area contributed by atoms with E-state index >= 15 is 0 Å². The highest BCUT2D eigenvalue weighted by molar-refractivity contribution is 6.04. The van der Waals surface area contributed by atoms with Gasteiger partial charge in [-0.05, 0) is 37.1 Å². The first-order valence-electron chi connectivity index (χ1n) is 9.91. The largest absolute Gasteiger partial charge is 0.334 e. The third-order valence-electron chi connectivity index (χ3n) is 5.03. The van der Waals surface area contributed by atoms with Gasteiger partial charge in [-0.2, -0.15) is 4.98 Å². The second-order valence-electron chi connectivity index (χ2n) is 7.14. The predicted octanol–water partition coefficient (Wildman–Crippen LogP) is 4.27. The Hall–Kier alpha value is -3.55. The molecule has 1 N–H and O–H groups in total. The molecule has 2 aromatic carbocycles. The van der Waals surface area contributed by atoms with E-state index in [0.29, 0.717) is 24.2 Å². The summed E-state index contributed by atoms with van der Waals surface area (Å²) >= 11 is 0. The van der Waals surface area contributed by atoms with E-state index in [2.05, 4.69) is 15.5 Å². The molecule has 0 bridgehead atoms. The molecular formula is C22H21FN4O3. The summed E-state index contributed by atoms with van der Waals surface area (Å²) < 4.78 is 19.1. The summed E-state index contributed by atoms with van der Waals surface area (Å²) in [5.74, 6) is -0.687. The first kappa shape index (κ1) is 19.8. The number of nitrogens with zero attached hydrogens (tertiary/aromatic N) is 3. The number of hydrogen-bond acceptors (Lipinski definition) is 5. The second-order valence-corrected chi connectivity index (χ2v) is 7.14. The molecule has 4 rings (SSSR count). The standard InChI is InChI=1S/C22H21FN4O3/c23-18-11-4-3-10-17(18)21-24-19(26-30-21)15-8-7-9-16(14-15)20(28)25-22(29)27-12-5-1-2-6-13-27/h3-4,7-11,14H,1-2,5-6,12-13H2,(H,25,28,29). The fraction of sp³-hybridized carbons (Fsp3) is 0.273. The lowest BCUT2D eigenvalue weighted by Gasteiger charge is -2.20. The van der Waals surface area contributed by atoms with Gasteiger partial charge in [0.2, 0.25) is 5.82 Å². The molecule has 1 aliphatic heterocycles. The third kappa shape index (κ3) is 4.37. The van der Waals surface area contributed by atoms with Crippen molar-refractivity contribution in [2.75, 3.05) is 13.1 Å². The molecule has 1 fully saturated rings. The Kier molecular flexibility index (Phi) is 5.83. The molecule has 0 spiro atoms. The van der Waals surface area contributed by atoms with Crippen molar-refractivity contribution in [2.24, 2.45) is 0 Å². The molecule has 0 atom stereocenters. The molecule has 3 amide bonds. The Morgan fingerprint density at radius 3 is 2.53 bits per heavy atom. The number of carbonyl (C=O) groups is 2. The van der Waals surface area contributed by atoms with Gasteiger partial charge >= 0.3 is 6.03 Å². The lowest BCUT2D eigenvalue weighted by Crippen LogP contribution is -2.43. The fourth-order valence-electron chi connectivity index (χ4n) is 3.41. The van der Waals surface area contributed by atoms with Crippen LogP contribution in [0.2, 0.25) is 0 Å². The van der Waals surface area contributed by atoms with Crippen molar-refractivity contribution in [1.29, 1.82) is 0 Å². The maximum Gasteiger partial charge on any atom is 0.324 e. The molecular weight excluding hydrogens is 387 g/mol. The third-order valence-corrected chi connectivity index (χ3v) is 5.03. The molecule has 1 aromatic heterocycles. The highest BCUT2D eigenvalue weighted by Gasteiger charge is 2.19. The maximum absolute atomic E-state index is 13.9. The van der Waals surface area contributed by atoms with Crippen molar-refractivity contribution in [3.8, 4) is 22.8 Å². The molecule has 1 aliphatic rings. The van der Waals surface area contributed by atoms with Crippen molar-refractivity contribution in [3.05, 3.63) is 59.9 Å². The van der Waals surface area contributed by atoms with Crippen molar-refractivity contribution in [1.82, 2.24) is 20.4 Å². The van der Waals surface area contributed by atoms with Crippen LogP contribution in [-0.4, -0.2) is 40.1 Å². The number of carbonyl (C=O) groups excluding carboxylic acids is 2. The number of hydrogen-bond donors (Lipinski definition) is 1. The van der Waals surface area contributed by atoms with Gasteiger partial charge in [0.15, 0.2) is 0 Å². The summed E-state index contributed by atoms with van der Waals surface area (Å²) in [5.41, 5.74) is 1.03. The Morgan fingerprint density at radius 1 is 1.00 bits per heavy atom. The van der Waals surface area contributed by atoms with Gasteiger partial charge in [-0.25, -0.2) is 9.18 Å². The Morgan fingerprint density at radius 2 is 1.77 bits per heavy atom. The van der Waals surface area contributed by atoms with Gasteiger partial charge in [0.1, 0.15) is 5.82 Å². The molecule has 1 saturated heterocycles. The minimum Gasteiger partial charge on any atom is -0.334 e. The monoisotopic (exact) mass is 408 g/mol. The average Bonchev–Trinajstić information content (AvgIpc) is 3.08. The highest BCUT2D eigenvalue weighted by atomic mass is 19.1. The number of likely N-dealkylation sites (tertiary alicyclic amines) is 1. The number of aromatic nitrogens is 2. The van der Waals surface area contributed by atoms with Crippen LogP contribution in [0.1, 0.15) is 36.0 Å². The first-order chi connectivity index (χ1) is 14.6. The molecule has 8 heteroatoms. The molecule has 0 saturated carbocycles. The van der Waals surface area contributed by atoms with Crippen LogP contribution in [-0.2, 0) is 0 Å². The molecule has 0 radical (unpaired) electrons. The molecule has 30 heavy (non-hydrogen) atoms. The summed E-state index contributed by atoms with van der Waals surface area (Å²) in [4.78, 5) is 30.9. The van der Waals surface area contributed by atoms with E-state index in [-0.39, 0.29) is 23.3 Å². The molecule has 2 heterocycles. The molecule has 3 aromatic rings. The van der Waals surface area contributed by atoms with Crippen molar-refractivity contribution in [2.45, 2.75) is 25.7 Å². The molecule has 0 aliphatic carbocycles. The Bertz CT molecular complexity index is 1060. The van der Waals surface area contributed by atoms with Crippen LogP contribution >= 0.6 is 0 Å². The average molecular weight is 408 g/mol. The number of benzene rings is 2. The van der Waals surface area contributed by atoms with E-state index in [4.69, 9.17) is 4.52 Å². The summed E-state index contributed by atoms with van der Waals surface area (Å²) in [7, 11) is 0. The van der Waals surface area contributed by atoms with Gasteiger partial charge in [-0.3, -0.25) is 10.1 Å². The second kappa shape index (κ2) is 8.86. The van der Waals surface area contributed by atoms with Crippen LogP contribution in [0, 0.1) is 5.82 Å².